The standard InChI is InChI=1S/C14H19NO.K/c1-5-7-10-16-13(6-2)14-11(3)8-9-12(4)15-14;/h6,8-9H,2-3,5,7,10H2,1,4H3;/b14-13-;. The van der Waals surface area contributed by atoms with E-state index in [1.54, 1.807) is 6.08 Å². The largest absolute Gasteiger partial charge is 0.491 e. The van der Waals surface area contributed by atoms with Gasteiger partial charge in [-0.25, -0.2) is 4.98 Å². The molecule has 0 saturated heterocycles. The van der Waals surface area contributed by atoms with E-state index in [1.807, 2.05) is 19.1 Å². The van der Waals surface area contributed by atoms with Crippen LogP contribution in [0.4, 0.5) is 0 Å². The Bertz CT molecular complexity index is 468. The molecule has 1 aromatic rings. The van der Waals surface area contributed by atoms with Gasteiger partial charge in [-0.05, 0) is 30.7 Å². The average Bonchev–Trinajstić information content (AvgIpc) is 2.28. The summed E-state index contributed by atoms with van der Waals surface area (Å²) in [6.07, 6.45) is 3.85. The number of hydrogen-bond acceptors (Lipinski definition) is 2. The van der Waals surface area contributed by atoms with Crippen molar-refractivity contribution in [2.75, 3.05) is 6.61 Å². The van der Waals surface area contributed by atoms with E-state index in [0.717, 1.165) is 34.9 Å². The number of pyridine rings is 1. The Balaban J connectivity index is 0.00000256. The van der Waals surface area contributed by atoms with E-state index < -0.39 is 0 Å². The van der Waals surface area contributed by atoms with Crippen molar-refractivity contribution < 1.29 is 4.74 Å². The Morgan fingerprint density at radius 1 is 1.47 bits per heavy atom. The Morgan fingerprint density at radius 3 is 2.76 bits per heavy atom. The maximum atomic E-state index is 5.65. The molecule has 0 aromatic carbocycles. The SMILES string of the molecule is C=C/C(OCCCC)=c1/nc(C)ccc1=C.[K]. The van der Waals surface area contributed by atoms with Gasteiger partial charge in [-0.2, -0.15) is 0 Å². The zero-order chi connectivity index (χ0) is 12.0. The van der Waals surface area contributed by atoms with E-state index in [-0.39, 0.29) is 51.4 Å². The first-order valence-electron chi connectivity index (χ1n) is 5.61. The van der Waals surface area contributed by atoms with Gasteiger partial charge in [-0.3, -0.25) is 0 Å². The van der Waals surface area contributed by atoms with Gasteiger partial charge in [0.15, 0.2) is 0 Å². The molecule has 1 rings (SSSR count). The molecule has 0 spiro atoms. The van der Waals surface area contributed by atoms with Crippen LogP contribution >= 0.6 is 0 Å². The van der Waals surface area contributed by atoms with Gasteiger partial charge in [-0.1, -0.05) is 32.6 Å². The first kappa shape index (κ1) is 17.1. The molecule has 0 amide bonds. The molecule has 0 aliphatic heterocycles. The third kappa shape index (κ3) is 5.49. The van der Waals surface area contributed by atoms with Crippen molar-refractivity contribution in [3.05, 3.63) is 41.0 Å². The normalized spacial score (nSPS) is 11.4. The molecule has 0 fully saturated rings. The number of unbranched alkanes of at least 4 members (excludes halogenated alkanes) is 1. The van der Waals surface area contributed by atoms with Crippen LogP contribution in [0.2, 0.25) is 0 Å². The molecule has 1 heterocycles. The quantitative estimate of drug-likeness (QED) is 0.589. The first-order chi connectivity index (χ1) is 7.69. The molecule has 2 nitrogen and oxygen atoms in total. The number of aromatic nitrogens is 1. The number of rotatable bonds is 5. The number of hydrogen-bond donors (Lipinski definition) is 0. The summed E-state index contributed by atoms with van der Waals surface area (Å²) in [4.78, 5) is 4.43. The molecular formula is C14H19KNO. The van der Waals surface area contributed by atoms with E-state index in [9.17, 15) is 0 Å². The minimum atomic E-state index is 0. The van der Waals surface area contributed by atoms with Gasteiger partial charge in [0.05, 0.1) is 6.61 Å². The maximum absolute atomic E-state index is 5.65. The summed E-state index contributed by atoms with van der Waals surface area (Å²) < 4.78 is 5.65. The fraction of sp³-hybridized carbons (Fsp3) is 0.357. The van der Waals surface area contributed by atoms with E-state index in [4.69, 9.17) is 4.74 Å². The summed E-state index contributed by atoms with van der Waals surface area (Å²) in [7, 11) is 0. The second kappa shape index (κ2) is 9.06. The second-order valence-corrected chi connectivity index (χ2v) is 3.73. The fourth-order valence-corrected chi connectivity index (χ4v) is 1.35. The summed E-state index contributed by atoms with van der Waals surface area (Å²) in [6, 6.07) is 3.89. The van der Waals surface area contributed by atoms with Crippen LogP contribution in [-0.4, -0.2) is 63.0 Å². The molecule has 0 aliphatic rings. The minimum absolute atomic E-state index is 0. The Kier molecular flexibility index (Phi) is 9.09. The topological polar surface area (TPSA) is 22.1 Å². The summed E-state index contributed by atoms with van der Waals surface area (Å²) in [5.41, 5.74) is 0.959. The second-order valence-electron chi connectivity index (χ2n) is 3.73. The molecule has 17 heavy (non-hydrogen) atoms. The number of aryl methyl sites for hydroxylation is 1. The maximum Gasteiger partial charge on any atom is 0.144 e. The molecule has 0 unspecified atom stereocenters. The van der Waals surface area contributed by atoms with Gasteiger partial charge in [0.25, 0.3) is 0 Å². The minimum Gasteiger partial charge on any atom is -0.491 e. The molecule has 0 N–H and O–H groups in total. The molecule has 0 aliphatic carbocycles. The van der Waals surface area contributed by atoms with Crippen LogP contribution in [0.1, 0.15) is 25.5 Å². The summed E-state index contributed by atoms with van der Waals surface area (Å²) in [5.74, 6) is 0.724. The summed E-state index contributed by atoms with van der Waals surface area (Å²) in [6.45, 7) is 12.5. The molecule has 1 radical (unpaired) electrons. The van der Waals surface area contributed by atoms with E-state index in [2.05, 4.69) is 25.1 Å². The molecule has 0 bridgehead atoms. The van der Waals surface area contributed by atoms with Crippen LogP contribution in [0.5, 0.6) is 0 Å². The monoisotopic (exact) mass is 256 g/mol. The Labute approximate surface area is 146 Å². The van der Waals surface area contributed by atoms with Crippen LogP contribution in [0.25, 0.3) is 12.3 Å². The van der Waals surface area contributed by atoms with Crippen LogP contribution < -0.4 is 10.6 Å². The summed E-state index contributed by atoms with van der Waals surface area (Å²) in [5, 5.41) is 1.67. The Hall–Kier alpha value is 0.0664. The van der Waals surface area contributed by atoms with Gasteiger partial charge in [0.1, 0.15) is 11.1 Å². The number of ether oxygens (including phenoxy) is 1. The van der Waals surface area contributed by atoms with Crippen LogP contribution in [0.3, 0.4) is 0 Å². The molecule has 0 atom stereocenters. The van der Waals surface area contributed by atoms with Crippen molar-refractivity contribution in [3.63, 3.8) is 0 Å². The molecule has 0 saturated carbocycles. The zero-order valence-corrected chi connectivity index (χ0v) is 14.2. The van der Waals surface area contributed by atoms with Crippen molar-refractivity contribution in [2.45, 2.75) is 26.7 Å². The molecule has 87 valence electrons. The molecular weight excluding hydrogens is 237 g/mol. The van der Waals surface area contributed by atoms with Gasteiger partial charge in [0, 0.05) is 57.1 Å². The van der Waals surface area contributed by atoms with Crippen LogP contribution in [0, 0.1) is 6.92 Å². The first-order valence-corrected chi connectivity index (χ1v) is 5.61. The molecule has 1 aromatic heterocycles. The van der Waals surface area contributed by atoms with E-state index in [0.29, 0.717) is 6.61 Å². The van der Waals surface area contributed by atoms with Crippen molar-refractivity contribution >= 4 is 63.7 Å². The smallest absolute Gasteiger partial charge is 0.144 e. The van der Waals surface area contributed by atoms with Crippen LogP contribution in [-0.2, 0) is 4.74 Å². The molecule has 3 heteroatoms. The predicted octanol–water partition coefficient (Wildman–Crippen LogP) is 1.53. The van der Waals surface area contributed by atoms with E-state index in [1.165, 1.54) is 0 Å². The van der Waals surface area contributed by atoms with Gasteiger partial charge in [0.2, 0.25) is 0 Å². The van der Waals surface area contributed by atoms with E-state index >= 15 is 0 Å². The zero-order valence-electron chi connectivity index (χ0n) is 11.1. The third-order valence-corrected chi connectivity index (χ3v) is 2.29. The van der Waals surface area contributed by atoms with Gasteiger partial charge >= 0.3 is 0 Å². The van der Waals surface area contributed by atoms with Gasteiger partial charge in [-0.15, -0.1) is 0 Å². The average molecular weight is 256 g/mol. The Morgan fingerprint density at radius 2 is 2.18 bits per heavy atom. The number of nitrogens with zero attached hydrogens (tertiary/aromatic N) is 1. The fourth-order valence-electron chi connectivity index (χ4n) is 1.35. The van der Waals surface area contributed by atoms with Crippen molar-refractivity contribution in [1.82, 2.24) is 4.98 Å². The van der Waals surface area contributed by atoms with Crippen molar-refractivity contribution in [1.29, 1.82) is 0 Å². The van der Waals surface area contributed by atoms with Crippen molar-refractivity contribution in [3.8, 4) is 0 Å². The predicted molar refractivity (Wildman–Crippen MR) is 74.0 cm³/mol. The van der Waals surface area contributed by atoms with Crippen molar-refractivity contribution in [2.24, 2.45) is 0 Å². The van der Waals surface area contributed by atoms with Crippen LogP contribution in [0.15, 0.2) is 24.8 Å². The third-order valence-electron chi connectivity index (χ3n) is 2.29. The van der Waals surface area contributed by atoms with Gasteiger partial charge < -0.3 is 4.74 Å². The summed E-state index contributed by atoms with van der Waals surface area (Å²) >= 11 is 0.